The smallest absolute Gasteiger partial charge is 0.357 e. The summed E-state index contributed by atoms with van der Waals surface area (Å²) >= 11 is 0. The van der Waals surface area contributed by atoms with Gasteiger partial charge in [-0.15, -0.1) is 5.06 Å². The summed E-state index contributed by atoms with van der Waals surface area (Å²) in [5, 5.41) is 1.71. The molecule has 1 spiro atoms. The summed E-state index contributed by atoms with van der Waals surface area (Å²) in [4.78, 5) is 29.2. The second-order valence-corrected chi connectivity index (χ2v) is 6.04. The summed E-state index contributed by atoms with van der Waals surface area (Å²) in [5.41, 5.74) is 0.639. The molecule has 1 aromatic rings. The molecule has 2 aliphatic rings. The molecule has 1 unspecified atom stereocenters. The van der Waals surface area contributed by atoms with Crippen molar-refractivity contribution in [1.29, 1.82) is 0 Å². The molecule has 1 saturated heterocycles. The first-order chi connectivity index (χ1) is 10.6. The number of hydrogen-bond acceptors (Lipinski definition) is 5. The maximum atomic E-state index is 12.0. The summed E-state index contributed by atoms with van der Waals surface area (Å²) in [6, 6.07) is 8.98. The average molecular weight is 303 g/mol. The topological polar surface area (TPSA) is 55.8 Å². The molecule has 22 heavy (non-hydrogen) atoms. The number of hydroxylamine groups is 2. The van der Waals surface area contributed by atoms with Gasteiger partial charge in [0.25, 0.3) is 0 Å². The van der Waals surface area contributed by atoms with E-state index in [1.54, 1.807) is 17.2 Å². The molecule has 0 aromatic heterocycles. The molecule has 0 N–H and O–H groups in total. The molecular formula is C17H21NO4. The van der Waals surface area contributed by atoms with Crippen molar-refractivity contribution in [2.45, 2.75) is 26.2 Å². The Labute approximate surface area is 130 Å². The zero-order valence-electron chi connectivity index (χ0n) is 12.8. The van der Waals surface area contributed by atoms with Crippen LogP contribution in [0.2, 0.25) is 0 Å². The van der Waals surface area contributed by atoms with Crippen molar-refractivity contribution in [2.24, 2.45) is 11.3 Å². The minimum atomic E-state index is -0.325. The standard InChI is InChI=1S/C17H21NO4/c1-2-21-16(20)14-12-17(14)8-10-18(11-9-17)22-15(19)13-6-4-3-5-7-13/h3-7,14H,2,8-12H2,1H3. The number of nitrogens with zero attached hydrogens (tertiary/aromatic N) is 1. The Kier molecular flexibility index (Phi) is 4.16. The zero-order valence-corrected chi connectivity index (χ0v) is 12.8. The van der Waals surface area contributed by atoms with Gasteiger partial charge in [0.05, 0.1) is 18.1 Å². The molecule has 3 rings (SSSR count). The first-order valence-corrected chi connectivity index (χ1v) is 7.83. The fraction of sp³-hybridized carbons (Fsp3) is 0.529. The van der Waals surface area contributed by atoms with Crippen LogP contribution in [0.15, 0.2) is 30.3 Å². The van der Waals surface area contributed by atoms with E-state index < -0.39 is 0 Å². The Hall–Kier alpha value is -1.88. The lowest BCUT2D eigenvalue weighted by Gasteiger charge is -2.31. The van der Waals surface area contributed by atoms with Crippen LogP contribution in [0.3, 0.4) is 0 Å². The second kappa shape index (κ2) is 6.08. The Morgan fingerprint density at radius 3 is 2.55 bits per heavy atom. The Balaban J connectivity index is 1.49. The molecule has 118 valence electrons. The van der Waals surface area contributed by atoms with Gasteiger partial charge in [-0.1, -0.05) is 18.2 Å². The summed E-state index contributed by atoms with van der Waals surface area (Å²) in [6.07, 6.45) is 2.66. The fourth-order valence-corrected chi connectivity index (χ4v) is 3.24. The highest BCUT2D eigenvalue weighted by Crippen LogP contribution is 2.59. The van der Waals surface area contributed by atoms with Gasteiger partial charge in [-0.3, -0.25) is 4.79 Å². The third-order valence-electron chi connectivity index (χ3n) is 4.70. The molecule has 1 aliphatic heterocycles. The minimum Gasteiger partial charge on any atom is -0.466 e. The number of benzene rings is 1. The molecule has 0 bridgehead atoms. The van der Waals surface area contributed by atoms with E-state index in [1.807, 2.05) is 25.1 Å². The highest BCUT2D eigenvalue weighted by atomic mass is 16.7. The van der Waals surface area contributed by atoms with Crippen LogP contribution >= 0.6 is 0 Å². The summed E-state index contributed by atoms with van der Waals surface area (Å²) in [6.45, 7) is 3.62. The van der Waals surface area contributed by atoms with Crippen molar-refractivity contribution < 1.29 is 19.2 Å². The first-order valence-electron chi connectivity index (χ1n) is 7.83. The van der Waals surface area contributed by atoms with Gasteiger partial charge < -0.3 is 9.57 Å². The van der Waals surface area contributed by atoms with E-state index in [4.69, 9.17) is 9.57 Å². The molecule has 2 fully saturated rings. The maximum absolute atomic E-state index is 12.0. The van der Waals surface area contributed by atoms with Gasteiger partial charge in [0.2, 0.25) is 0 Å². The van der Waals surface area contributed by atoms with Crippen LogP contribution in [0, 0.1) is 11.3 Å². The van der Waals surface area contributed by atoms with E-state index in [0.29, 0.717) is 25.3 Å². The third-order valence-corrected chi connectivity index (χ3v) is 4.70. The van der Waals surface area contributed by atoms with Gasteiger partial charge in [-0.2, -0.15) is 0 Å². The largest absolute Gasteiger partial charge is 0.466 e. The molecule has 1 saturated carbocycles. The van der Waals surface area contributed by atoms with Crippen molar-refractivity contribution in [3.05, 3.63) is 35.9 Å². The lowest BCUT2D eigenvalue weighted by molar-refractivity contribution is -0.149. The highest BCUT2D eigenvalue weighted by Gasteiger charge is 2.59. The highest BCUT2D eigenvalue weighted by molar-refractivity contribution is 5.89. The van der Waals surface area contributed by atoms with Gasteiger partial charge in [0.1, 0.15) is 0 Å². The molecule has 1 heterocycles. The number of carbonyl (C=O) groups is 2. The lowest BCUT2D eigenvalue weighted by atomic mass is 9.92. The molecule has 0 radical (unpaired) electrons. The van der Waals surface area contributed by atoms with E-state index in [1.165, 1.54) is 0 Å². The number of hydrogen-bond donors (Lipinski definition) is 0. The number of piperidine rings is 1. The number of ether oxygens (including phenoxy) is 1. The normalized spacial score (nSPS) is 23.0. The molecular weight excluding hydrogens is 282 g/mol. The first kappa shape index (κ1) is 15.0. The van der Waals surface area contributed by atoms with E-state index >= 15 is 0 Å². The van der Waals surface area contributed by atoms with Crippen LogP contribution in [0.4, 0.5) is 0 Å². The predicted octanol–water partition coefficient (Wildman–Crippen LogP) is 2.42. The maximum Gasteiger partial charge on any atom is 0.357 e. The van der Waals surface area contributed by atoms with Gasteiger partial charge in [0.15, 0.2) is 0 Å². The predicted molar refractivity (Wildman–Crippen MR) is 79.8 cm³/mol. The van der Waals surface area contributed by atoms with E-state index in [-0.39, 0.29) is 23.3 Å². The number of carbonyl (C=O) groups excluding carboxylic acids is 2. The van der Waals surface area contributed by atoms with E-state index in [2.05, 4.69) is 0 Å². The van der Waals surface area contributed by atoms with Gasteiger partial charge >= 0.3 is 11.9 Å². The number of esters is 1. The minimum absolute atomic E-state index is 0.0411. The van der Waals surface area contributed by atoms with Crippen LogP contribution in [0.5, 0.6) is 0 Å². The Morgan fingerprint density at radius 1 is 1.23 bits per heavy atom. The van der Waals surface area contributed by atoms with Crippen LogP contribution in [-0.4, -0.2) is 36.7 Å². The lowest BCUT2D eigenvalue weighted by Crippen LogP contribution is -2.37. The van der Waals surface area contributed by atoms with Crippen molar-refractivity contribution in [1.82, 2.24) is 5.06 Å². The summed E-state index contributed by atoms with van der Waals surface area (Å²) < 4.78 is 5.10. The number of rotatable bonds is 4. The molecule has 1 atom stereocenters. The summed E-state index contributed by atoms with van der Waals surface area (Å²) in [5.74, 6) is -0.356. The second-order valence-electron chi connectivity index (χ2n) is 6.04. The van der Waals surface area contributed by atoms with Gasteiger partial charge in [0, 0.05) is 13.1 Å². The van der Waals surface area contributed by atoms with Crippen LogP contribution < -0.4 is 0 Å². The zero-order chi connectivity index (χ0) is 15.6. The van der Waals surface area contributed by atoms with Crippen molar-refractivity contribution in [3.8, 4) is 0 Å². The van der Waals surface area contributed by atoms with Crippen LogP contribution in [0.1, 0.15) is 36.5 Å². The van der Waals surface area contributed by atoms with Crippen LogP contribution in [-0.2, 0) is 14.4 Å². The Bertz CT molecular complexity index is 549. The van der Waals surface area contributed by atoms with Crippen molar-refractivity contribution in [2.75, 3.05) is 19.7 Å². The monoisotopic (exact) mass is 303 g/mol. The molecule has 1 aromatic carbocycles. The van der Waals surface area contributed by atoms with Crippen LogP contribution in [0.25, 0.3) is 0 Å². The average Bonchev–Trinajstić information content (AvgIpc) is 3.25. The van der Waals surface area contributed by atoms with Crippen molar-refractivity contribution in [3.63, 3.8) is 0 Å². The molecule has 5 nitrogen and oxygen atoms in total. The fourth-order valence-electron chi connectivity index (χ4n) is 3.24. The van der Waals surface area contributed by atoms with Gasteiger partial charge in [-0.05, 0) is 43.7 Å². The SMILES string of the molecule is CCOC(=O)C1CC12CCN(OC(=O)c1ccccc1)CC2. The van der Waals surface area contributed by atoms with E-state index in [9.17, 15) is 9.59 Å². The quantitative estimate of drug-likeness (QED) is 0.800. The third kappa shape index (κ3) is 2.99. The molecule has 0 amide bonds. The molecule has 1 aliphatic carbocycles. The van der Waals surface area contributed by atoms with Crippen molar-refractivity contribution >= 4 is 11.9 Å². The Morgan fingerprint density at radius 2 is 1.91 bits per heavy atom. The summed E-state index contributed by atoms with van der Waals surface area (Å²) in [7, 11) is 0. The van der Waals surface area contributed by atoms with Gasteiger partial charge in [-0.25, -0.2) is 4.79 Å². The van der Waals surface area contributed by atoms with E-state index in [0.717, 1.165) is 19.3 Å². The molecule has 5 heteroatoms.